The molecule has 4 heteroatoms. The van der Waals surface area contributed by atoms with Gasteiger partial charge in [-0.25, -0.2) is 0 Å². The van der Waals surface area contributed by atoms with Crippen molar-refractivity contribution in [2.24, 2.45) is 0 Å². The maximum Gasteiger partial charge on any atom is 0.255 e. The Morgan fingerprint density at radius 1 is 1.19 bits per heavy atom. The third kappa shape index (κ3) is 4.48. The molecule has 2 aromatic rings. The lowest BCUT2D eigenvalue weighted by Gasteiger charge is -2.08. The average Bonchev–Trinajstić information content (AvgIpc) is 2.48. The third-order valence-corrected chi connectivity index (χ3v) is 3.89. The fourth-order valence-electron chi connectivity index (χ4n) is 2.01. The van der Waals surface area contributed by atoms with E-state index in [-0.39, 0.29) is 5.91 Å². The van der Waals surface area contributed by atoms with Crippen molar-refractivity contribution < 1.29 is 4.79 Å². The van der Waals surface area contributed by atoms with Gasteiger partial charge >= 0.3 is 0 Å². The smallest absolute Gasteiger partial charge is 0.255 e. The quantitative estimate of drug-likeness (QED) is 0.765. The number of hydrogen-bond donors (Lipinski definition) is 1. The Morgan fingerprint density at radius 3 is 2.71 bits per heavy atom. The molecule has 1 amide bonds. The van der Waals surface area contributed by atoms with Gasteiger partial charge in [-0.05, 0) is 55.2 Å². The zero-order chi connectivity index (χ0) is 15.2. The lowest BCUT2D eigenvalue weighted by molar-refractivity contribution is 0.102. The number of rotatable bonds is 5. The fraction of sp³-hybridized carbons (Fsp3) is 0.235. The van der Waals surface area contributed by atoms with Crippen LogP contribution < -0.4 is 5.32 Å². The molecule has 0 unspecified atom stereocenters. The van der Waals surface area contributed by atoms with E-state index in [2.05, 4.69) is 5.32 Å². The zero-order valence-electron chi connectivity index (χ0n) is 11.8. The molecule has 0 saturated heterocycles. The maximum absolute atomic E-state index is 12.2. The Labute approximate surface area is 135 Å². The first-order valence-electron chi connectivity index (χ1n) is 6.82. The van der Waals surface area contributed by atoms with E-state index in [1.54, 1.807) is 12.1 Å². The minimum Gasteiger partial charge on any atom is -0.322 e. The molecule has 0 aliphatic rings. The highest BCUT2D eigenvalue weighted by molar-refractivity contribution is 6.31. The summed E-state index contributed by atoms with van der Waals surface area (Å²) in [6.07, 6.45) is 1.83. The van der Waals surface area contributed by atoms with Gasteiger partial charge in [0.25, 0.3) is 5.91 Å². The number of carbonyl (C=O) groups is 1. The summed E-state index contributed by atoms with van der Waals surface area (Å²) in [6, 6.07) is 13.1. The lowest BCUT2D eigenvalue weighted by Crippen LogP contribution is -2.12. The predicted octanol–water partition coefficient (Wildman–Crippen LogP) is 5.07. The number of hydrogen-bond acceptors (Lipinski definition) is 1. The van der Waals surface area contributed by atoms with Crippen molar-refractivity contribution in [2.45, 2.75) is 19.8 Å². The number of aryl methyl sites for hydroxylation is 2. The van der Waals surface area contributed by atoms with Crippen LogP contribution in [0.3, 0.4) is 0 Å². The maximum atomic E-state index is 12.2. The molecule has 2 rings (SSSR count). The van der Waals surface area contributed by atoms with Crippen molar-refractivity contribution in [1.29, 1.82) is 0 Å². The van der Waals surface area contributed by atoms with Crippen LogP contribution in [0.1, 0.15) is 27.9 Å². The van der Waals surface area contributed by atoms with Crippen LogP contribution in [0.15, 0.2) is 42.5 Å². The van der Waals surface area contributed by atoms with Crippen molar-refractivity contribution in [2.75, 3.05) is 11.2 Å². The van der Waals surface area contributed by atoms with Gasteiger partial charge < -0.3 is 5.32 Å². The van der Waals surface area contributed by atoms with Gasteiger partial charge in [-0.15, -0.1) is 11.6 Å². The zero-order valence-corrected chi connectivity index (χ0v) is 13.3. The number of amides is 1. The van der Waals surface area contributed by atoms with Gasteiger partial charge in [-0.2, -0.15) is 0 Å². The summed E-state index contributed by atoms with van der Waals surface area (Å²) in [6.45, 7) is 1.91. The van der Waals surface area contributed by atoms with Crippen LogP contribution in [0.5, 0.6) is 0 Å². The van der Waals surface area contributed by atoms with E-state index in [0.29, 0.717) is 16.5 Å². The van der Waals surface area contributed by atoms with E-state index in [4.69, 9.17) is 23.2 Å². The van der Waals surface area contributed by atoms with Gasteiger partial charge in [-0.3, -0.25) is 4.79 Å². The molecule has 0 aliphatic heterocycles. The summed E-state index contributed by atoms with van der Waals surface area (Å²) >= 11 is 11.8. The highest BCUT2D eigenvalue weighted by Crippen LogP contribution is 2.18. The Bertz CT molecular complexity index is 640. The molecular formula is C17H17Cl2NO. The van der Waals surface area contributed by atoms with Crippen LogP contribution in [0.25, 0.3) is 0 Å². The van der Waals surface area contributed by atoms with E-state index < -0.39 is 0 Å². The van der Waals surface area contributed by atoms with Gasteiger partial charge in [-0.1, -0.05) is 29.8 Å². The average molecular weight is 322 g/mol. The molecule has 110 valence electrons. The van der Waals surface area contributed by atoms with Crippen molar-refractivity contribution in [1.82, 2.24) is 0 Å². The first-order valence-corrected chi connectivity index (χ1v) is 7.74. The predicted molar refractivity (Wildman–Crippen MR) is 89.6 cm³/mol. The minimum atomic E-state index is -0.161. The van der Waals surface area contributed by atoms with Gasteiger partial charge in [0, 0.05) is 22.2 Å². The monoisotopic (exact) mass is 321 g/mol. The van der Waals surface area contributed by atoms with Crippen LogP contribution >= 0.6 is 23.2 Å². The number of carbonyl (C=O) groups excluding carboxylic acids is 1. The van der Waals surface area contributed by atoms with Gasteiger partial charge in [0.05, 0.1) is 0 Å². The largest absolute Gasteiger partial charge is 0.322 e. The van der Waals surface area contributed by atoms with E-state index in [9.17, 15) is 4.79 Å². The van der Waals surface area contributed by atoms with Gasteiger partial charge in [0.2, 0.25) is 0 Å². The Kier molecular flexibility index (Phi) is 5.66. The number of anilines is 1. The summed E-state index contributed by atoms with van der Waals surface area (Å²) in [5, 5.41) is 3.49. The number of halogens is 2. The van der Waals surface area contributed by atoms with E-state index in [1.165, 1.54) is 0 Å². The molecule has 2 aromatic carbocycles. The first kappa shape index (κ1) is 15.9. The summed E-state index contributed by atoms with van der Waals surface area (Å²) in [5.41, 5.74) is 3.45. The first-order chi connectivity index (χ1) is 10.1. The van der Waals surface area contributed by atoms with Crippen LogP contribution in [0.4, 0.5) is 5.69 Å². The van der Waals surface area contributed by atoms with Gasteiger partial charge in [0.15, 0.2) is 0 Å². The topological polar surface area (TPSA) is 29.1 Å². The molecule has 0 heterocycles. The standard InChI is InChI=1S/C17H17Cl2NO/c1-12-7-8-14(11-16(12)19)17(21)20-15-6-2-4-13(10-15)5-3-9-18/h2,4,6-8,10-11H,3,5,9H2,1H3,(H,20,21). The van der Waals surface area contributed by atoms with Crippen LogP contribution in [-0.2, 0) is 6.42 Å². The lowest BCUT2D eigenvalue weighted by atomic mass is 10.1. The van der Waals surface area contributed by atoms with E-state index >= 15 is 0 Å². The molecule has 0 aromatic heterocycles. The SMILES string of the molecule is Cc1ccc(C(=O)Nc2cccc(CCCCl)c2)cc1Cl. The molecule has 0 bridgehead atoms. The summed E-state index contributed by atoms with van der Waals surface area (Å²) in [4.78, 5) is 12.2. The molecule has 0 fully saturated rings. The normalized spacial score (nSPS) is 10.4. The van der Waals surface area contributed by atoms with Crippen molar-refractivity contribution in [3.63, 3.8) is 0 Å². The van der Waals surface area contributed by atoms with Crippen molar-refractivity contribution >= 4 is 34.8 Å². The highest BCUT2D eigenvalue weighted by Gasteiger charge is 2.08. The van der Waals surface area contributed by atoms with E-state index in [1.807, 2.05) is 37.3 Å². The Balaban J connectivity index is 2.10. The molecule has 0 spiro atoms. The van der Waals surface area contributed by atoms with Crippen LogP contribution in [-0.4, -0.2) is 11.8 Å². The number of benzene rings is 2. The van der Waals surface area contributed by atoms with Crippen molar-refractivity contribution in [3.8, 4) is 0 Å². The molecule has 1 N–H and O–H groups in total. The molecule has 21 heavy (non-hydrogen) atoms. The second-order valence-electron chi connectivity index (χ2n) is 4.91. The molecule has 0 radical (unpaired) electrons. The molecule has 2 nitrogen and oxygen atoms in total. The Hall–Kier alpha value is -1.51. The third-order valence-electron chi connectivity index (χ3n) is 3.22. The molecule has 0 saturated carbocycles. The number of nitrogens with one attached hydrogen (secondary N) is 1. The fourth-order valence-corrected chi connectivity index (χ4v) is 2.33. The second-order valence-corrected chi connectivity index (χ2v) is 5.70. The minimum absolute atomic E-state index is 0.161. The Morgan fingerprint density at radius 2 is 2.00 bits per heavy atom. The van der Waals surface area contributed by atoms with E-state index in [0.717, 1.165) is 29.7 Å². The molecule has 0 aliphatic carbocycles. The molecule has 0 atom stereocenters. The van der Waals surface area contributed by atoms with Crippen LogP contribution in [0, 0.1) is 6.92 Å². The number of alkyl halides is 1. The van der Waals surface area contributed by atoms with Gasteiger partial charge in [0.1, 0.15) is 0 Å². The summed E-state index contributed by atoms with van der Waals surface area (Å²) in [5.74, 6) is 0.477. The summed E-state index contributed by atoms with van der Waals surface area (Å²) in [7, 11) is 0. The highest BCUT2D eigenvalue weighted by atomic mass is 35.5. The van der Waals surface area contributed by atoms with Crippen LogP contribution in [0.2, 0.25) is 5.02 Å². The second kappa shape index (κ2) is 7.48. The molecular weight excluding hydrogens is 305 g/mol. The van der Waals surface area contributed by atoms with Crippen molar-refractivity contribution in [3.05, 3.63) is 64.2 Å². The summed E-state index contributed by atoms with van der Waals surface area (Å²) < 4.78 is 0.